The summed E-state index contributed by atoms with van der Waals surface area (Å²) in [6, 6.07) is -1.62. The summed E-state index contributed by atoms with van der Waals surface area (Å²) < 4.78 is 12.5. The van der Waals surface area contributed by atoms with Crippen molar-refractivity contribution in [3.05, 3.63) is 20.2 Å². The largest absolute Gasteiger partial charge is 0.481 e. The Kier molecular flexibility index (Phi) is 14.1. The fourth-order valence-electron chi connectivity index (χ4n) is 7.90. The molecule has 278 valence electrons. The third kappa shape index (κ3) is 11.5. The van der Waals surface area contributed by atoms with Crippen molar-refractivity contribution in [2.45, 2.75) is 140 Å². The van der Waals surface area contributed by atoms with Crippen LogP contribution in [0.4, 0.5) is 0 Å². The zero-order valence-electron chi connectivity index (χ0n) is 28.7. The summed E-state index contributed by atoms with van der Waals surface area (Å²) in [6.07, 6.45) is 7.41. The molecule has 4 fully saturated rings. The van der Waals surface area contributed by atoms with E-state index in [0.717, 1.165) is 38.5 Å². The molecule has 0 radical (unpaired) electrons. The minimum Gasteiger partial charge on any atom is -0.481 e. The van der Waals surface area contributed by atoms with Gasteiger partial charge in [0.05, 0.1) is 49.8 Å². The number of carboxylic acids is 2. The Morgan fingerprint density at radius 2 is 1.18 bits per heavy atom. The number of rotatable bonds is 16. The maximum absolute atomic E-state index is 13.0. The monoisotopic (exact) mass is 698 g/mol. The van der Waals surface area contributed by atoms with E-state index in [4.69, 9.17) is 14.3 Å². The van der Waals surface area contributed by atoms with Crippen molar-refractivity contribution in [3.63, 3.8) is 0 Å². The number of aliphatic carboxylic acids is 2. The molecule has 1 amide bonds. The highest BCUT2D eigenvalue weighted by Crippen LogP contribution is 2.34. The van der Waals surface area contributed by atoms with Gasteiger partial charge < -0.3 is 29.8 Å². The Labute approximate surface area is 286 Å². The number of nitrogens with zero attached hydrogens (tertiary/aromatic N) is 2. The topological polar surface area (TPSA) is 230 Å². The molecular weight excluding hydrogens is 644 g/mol. The molecule has 4 saturated carbocycles. The molecule has 49 heavy (non-hydrogen) atoms. The fraction of sp³-hybridized carbons (Fsp3) is 0.909. The molecule has 0 aliphatic heterocycles. The van der Waals surface area contributed by atoms with Crippen LogP contribution in [0, 0.1) is 49.3 Å². The number of amides is 1. The number of hydrogen-bond donors (Lipinski definition) is 4. The fourth-order valence-corrected chi connectivity index (χ4v) is 7.90. The van der Waals surface area contributed by atoms with E-state index in [9.17, 15) is 44.8 Å². The molecular formula is C33H54N4O12. The van der Waals surface area contributed by atoms with Gasteiger partial charge in [-0.3, -0.25) is 34.6 Å². The number of nitro groups is 2. The van der Waals surface area contributed by atoms with Gasteiger partial charge in [-0.25, -0.2) is 0 Å². The molecule has 4 aliphatic carbocycles. The van der Waals surface area contributed by atoms with E-state index < -0.39 is 58.5 Å². The van der Waals surface area contributed by atoms with Gasteiger partial charge in [-0.05, 0) is 64.2 Å². The molecule has 0 aromatic carbocycles. The van der Waals surface area contributed by atoms with Crippen LogP contribution < -0.4 is 10.8 Å². The number of ether oxygens (including phenoxy) is 2. The third-order valence-electron chi connectivity index (χ3n) is 11.0. The predicted molar refractivity (Wildman–Crippen MR) is 174 cm³/mol. The summed E-state index contributed by atoms with van der Waals surface area (Å²) in [7, 11) is 0. The van der Waals surface area contributed by atoms with Crippen molar-refractivity contribution in [3.8, 4) is 0 Å². The van der Waals surface area contributed by atoms with Crippen molar-refractivity contribution in [2.75, 3.05) is 19.8 Å². The first kappa shape index (κ1) is 38.8. The van der Waals surface area contributed by atoms with Crippen LogP contribution in [-0.4, -0.2) is 94.1 Å². The molecule has 4 N–H and O–H groups in total. The van der Waals surface area contributed by atoms with E-state index in [0.29, 0.717) is 26.1 Å². The number of carbonyl (C=O) groups excluding carboxylic acids is 1. The molecule has 16 heteroatoms. The quantitative estimate of drug-likeness (QED) is 0.134. The second-order valence-electron chi connectivity index (χ2n) is 15.4. The third-order valence-corrected chi connectivity index (χ3v) is 11.0. The molecule has 16 nitrogen and oxygen atoms in total. The second kappa shape index (κ2) is 17.8. The first-order valence-electron chi connectivity index (χ1n) is 17.9. The highest BCUT2D eigenvalue weighted by molar-refractivity contribution is 5.85. The van der Waals surface area contributed by atoms with Crippen molar-refractivity contribution in [1.29, 1.82) is 0 Å². The van der Waals surface area contributed by atoms with Crippen molar-refractivity contribution in [2.24, 2.45) is 29.1 Å². The SMILES string of the molecule is CC(C)(COC1CCC(NOCC2CC([N+](=O)[O-])CCC2C(=O)O)CC1)COC1CCC(NC(=O)C2CC([N+](=O)[O-])CCC2C(=O)O)CC1. The Balaban J connectivity index is 1.09. The Morgan fingerprint density at radius 3 is 1.69 bits per heavy atom. The second-order valence-corrected chi connectivity index (χ2v) is 15.4. The summed E-state index contributed by atoms with van der Waals surface area (Å²) in [4.78, 5) is 63.8. The zero-order chi connectivity index (χ0) is 35.7. The van der Waals surface area contributed by atoms with Crippen molar-refractivity contribution < 1.29 is 48.8 Å². The molecule has 4 aliphatic rings. The summed E-state index contributed by atoms with van der Waals surface area (Å²) in [5.41, 5.74) is 2.84. The standard InChI is InChI=1S/C33H54N4O12/c1-33(2,18-47-25-9-3-21(4-10-25)34-30(38)29-16-24(37(45)46)8-14-28(29)32(41)42)19-48-26-11-5-22(6-12-26)35-49-17-20-15-23(36(43)44)7-13-27(20)31(39)40/h20-29,35H,3-19H2,1-2H3,(H,34,38)(H,39,40)(H,41,42). The molecule has 6 unspecified atom stereocenters. The molecule has 0 bridgehead atoms. The average Bonchev–Trinajstić information content (AvgIpc) is 3.07. The van der Waals surface area contributed by atoms with Crippen LogP contribution in [0.5, 0.6) is 0 Å². The average molecular weight is 699 g/mol. The van der Waals surface area contributed by atoms with Crippen LogP contribution in [0.15, 0.2) is 0 Å². The first-order valence-corrected chi connectivity index (χ1v) is 17.9. The molecule has 0 heterocycles. The van der Waals surface area contributed by atoms with Gasteiger partial charge >= 0.3 is 11.9 Å². The van der Waals surface area contributed by atoms with E-state index in [1.165, 1.54) is 0 Å². The van der Waals surface area contributed by atoms with Crippen LogP contribution in [0.3, 0.4) is 0 Å². The highest BCUT2D eigenvalue weighted by atomic mass is 16.6. The maximum Gasteiger partial charge on any atom is 0.307 e. The smallest absolute Gasteiger partial charge is 0.307 e. The van der Waals surface area contributed by atoms with Gasteiger partial charge in [-0.2, -0.15) is 5.48 Å². The summed E-state index contributed by atoms with van der Waals surface area (Å²) in [5, 5.41) is 44.6. The van der Waals surface area contributed by atoms with E-state index in [1.807, 2.05) is 0 Å². The molecule has 6 atom stereocenters. The minimum atomic E-state index is -1.08. The molecule has 0 aromatic rings. The minimum absolute atomic E-state index is 0.0408. The van der Waals surface area contributed by atoms with Crippen LogP contribution >= 0.6 is 0 Å². The Bertz CT molecular complexity index is 1150. The number of nitrogens with one attached hydrogen (secondary N) is 2. The number of carbonyl (C=O) groups is 3. The van der Waals surface area contributed by atoms with E-state index in [1.54, 1.807) is 0 Å². The normalized spacial score (nSPS) is 34.1. The van der Waals surface area contributed by atoms with Crippen LogP contribution in [-0.2, 0) is 28.7 Å². The highest BCUT2D eigenvalue weighted by Gasteiger charge is 2.44. The van der Waals surface area contributed by atoms with Gasteiger partial charge in [0.1, 0.15) is 0 Å². The van der Waals surface area contributed by atoms with Gasteiger partial charge in [0.2, 0.25) is 18.0 Å². The lowest BCUT2D eigenvalue weighted by atomic mass is 9.76. The first-order chi connectivity index (χ1) is 23.2. The summed E-state index contributed by atoms with van der Waals surface area (Å²) in [6.45, 7) is 5.37. The molecule has 0 aromatic heterocycles. The van der Waals surface area contributed by atoms with Gasteiger partial charge in [0, 0.05) is 58.9 Å². The van der Waals surface area contributed by atoms with Gasteiger partial charge in [0.15, 0.2) is 0 Å². The Hall–Kier alpha value is -2.95. The van der Waals surface area contributed by atoms with E-state index in [-0.39, 0.29) is 79.8 Å². The van der Waals surface area contributed by atoms with Gasteiger partial charge in [-0.15, -0.1) is 0 Å². The number of hydrogen-bond acceptors (Lipinski definition) is 11. The summed E-state index contributed by atoms with van der Waals surface area (Å²) in [5.74, 6) is -5.25. The lowest BCUT2D eigenvalue weighted by Gasteiger charge is -2.35. The summed E-state index contributed by atoms with van der Waals surface area (Å²) >= 11 is 0. The number of hydroxylamine groups is 1. The van der Waals surface area contributed by atoms with Gasteiger partial charge in [-0.1, -0.05) is 13.8 Å². The van der Waals surface area contributed by atoms with Crippen LogP contribution in [0.1, 0.15) is 104 Å². The van der Waals surface area contributed by atoms with Crippen molar-refractivity contribution >= 4 is 17.8 Å². The number of carboxylic acid groups (broad SMARTS) is 2. The van der Waals surface area contributed by atoms with Gasteiger partial charge in [0.25, 0.3) is 0 Å². The molecule has 0 saturated heterocycles. The van der Waals surface area contributed by atoms with E-state index >= 15 is 0 Å². The molecule has 4 rings (SSSR count). The zero-order valence-corrected chi connectivity index (χ0v) is 28.7. The van der Waals surface area contributed by atoms with Crippen LogP contribution in [0.25, 0.3) is 0 Å². The van der Waals surface area contributed by atoms with E-state index in [2.05, 4.69) is 24.6 Å². The predicted octanol–water partition coefficient (Wildman–Crippen LogP) is 3.60. The maximum atomic E-state index is 13.0. The lowest BCUT2D eigenvalue weighted by molar-refractivity contribution is -0.528. The van der Waals surface area contributed by atoms with Crippen LogP contribution in [0.2, 0.25) is 0 Å². The lowest BCUT2D eigenvalue weighted by Crippen LogP contribution is -2.48. The Morgan fingerprint density at radius 1 is 0.694 bits per heavy atom. The van der Waals surface area contributed by atoms with Crippen molar-refractivity contribution in [1.82, 2.24) is 10.8 Å². The molecule has 0 spiro atoms.